The Labute approximate surface area is 175 Å². The number of H-pyrrole nitrogens is 1. The van der Waals surface area contributed by atoms with E-state index in [0.29, 0.717) is 12.5 Å². The summed E-state index contributed by atoms with van der Waals surface area (Å²) in [6.07, 6.45) is 9.29. The summed E-state index contributed by atoms with van der Waals surface area (Å²) in [5.74, 6) is 0.134. The van der Waals surface area contributed by atoms with Gasteiger partial charge in [-0.15, -0.1) is 0 Å². The van der Waals surface area contributed by atoms with Gasteiger partial charge < -0.3 is 9.88 Å². The summed E-state index contributed by atoms with van der Waals surface area (Å²) < 4.78 is 2.27. The molecule has 152 valence electrons. The number of nitrogens with zero attached hydrogens (tertiary/aromatic N) is 3. The molecular weight excluding hydrogens is 374 g/mol. The molecule has 1 fully saturated rings. The molecule has 1 aliphatic carbocycles. The molecule has 1 amide bonds. The van der Waals surface area contributed by atoms with Gasteiger partial charge in [0, 0.05) is 23.9 Å². The molecule has 1 saturated carbocycles. The van der Waals surface area contributed by atoms with E-state index < -0.39 is 0 Å². The third-order valence-electron chi connectivity index (χ3n) is 6.13. The number of carbonyl (C=O) groups is 1. The maximum absolute atomic E-state index is 11.7. The standard InChI is InChI=1S/C24H25N5O/c1-2-24(30)27-18-10-11-19(12-18)29-15-25-14-23(29)17-8-6-16(7-9-17)20-4-3-5-22-21(20)13-26-28-22/h3-9,13-15,18-19H,2,10-12H2,1H3,(H,26,28)(H,27,30). The molecule has 2 aromatic heterocycles. The number of imidazole rings is 1. The van der Waals surface area contributed by atoms with Crippen LogP contribution >= 0.6 is 0 Å². The van der Waals surface area contributed by atoms with Crippen LogP contribution in [-0.4, -0.2) is 31.7 Å². The number of aromatic amines is 1. The van der Waals surface area contributed by atoms with Crippen LogP contribution in [0.4, 0.5) is 0 Å². The molecule has 4 aromatic rings. The van der Waals surface area contributed by atoms with Gasteiger partial charge in [0.05, 0.1) is 29.9 Å². The summed E-state index contributed by atoms with van der Waals surface area (Å²) in [6, 6.07) is 15.5. The topological polar surface area (TPSA) is 75.6 Å². The maximum atomic E-state index is 11.7. The van der Waals surface area contributed by atoms with Crippen LogP contribution in [0.5, 0.6) is 0 Å². The lowest BCUT2D eigenvalue weighted by Gasteiger charge is -2.17. The second-order valence-corrected chi connectivity index (χ2v) is 7.99. The highest BCUT2D eigenvalue weighted by Gasteiger charge is 2.28. The highest BCUT2D eigenvalue weighted by molar-refractivity contribution is 5.94. The largest absolute Gasteiger partial charge is 0.353 e. The van der Waals surface area contributed by atoms with E-state index in [1.807, 2.05) is 37.8 Å². The molecule has 2 aromatic carbocycles. The van der Waals surface area contributed by atoms with Crippen molar-refractivity contribution in [2.24, 2.45) is 0 Å². The van der Waals surface area contributed by atoms with Gasteiger partial charge >= 0.3 is 0 Å². The number of amides is 1. The average Bonchev–Trinajstić information content (AvgIpc) is 3.53. The van der Waals surface area contributed by atoms with Gasteiger partial charge in [0.25, 0.3) is 0 Å². The van der Waals surface area contributed by atoms with Gasteiger partial charge in [-0.1, -0.05) is 43.3 Å². The number of rotatable bonds is 5. The van der Waals surface area contributed by atoms with Crippen LogP contribution in [0.3, 0.4) is 0 Å². The fraction of sp³-hybridized carbons (Fsp3) is 0.292. The SMILES string of the molecule is CCC(=O)NC1CCC(n2cncc2-c2ccc(-c3cccc4[nH]ncc34)cc2)C1. The molecule has 5 rings (SSSR count). The van der Waals surface area contributed by atoms with Gasteiger partial charge in [-0.05, 0) is 42.0 Å². The predicted octanol–water partition coefficient (Wildman–Crippen LogP) is 4.71. The highest BCUT2D eigenvalue weighted by Crippen LogP contribution is 2.35. The number of hydrogen-bond donors (Lipinski definition) is 2. The monoisotopic (exact) mass is 399 g/mol. The minimum atomic E-state index is 0.134. The van der Waals surface area contributed by atoms with Crippen molar-refractivity contribution in [1.82, 2.24) is 25.1 Å². The first-order valence-electron chi connectivity index (χ1n) is 10.6. The van der Waals surface area contributed by atoms with Gasteiger partial charge in [-0.3, -0.25) is 9.89 Å². The molecule has 0 radical (unpaired) electrons. The third kappa shape index (κ3) is 3.38. The number of benzene rings is 2. The van der Waals surface area contributed by atoms with Crippen molar-refractivity contribution in [3.05, 3.63) is 61.2 Å². The quantitative estimate of drug-likeness (QED) is 0.510. The molecule has 2 atom stereocenters. The van der Waals surface area contributed by atoms with Crippen molar-refractivity contribution >= 4 is 16.8 Å². The zero-order valence-corrected chi connectivity index (χ0v) is 17.0. The lowest BCUT2D eigenvalue weighted by atomic mass is 10.00. The smallest absolute Gasteiger partial charge is 0.219 e. The van der Waals surface area contributed by atoms with E-state index in [-0.39, 0.29) is 11.9 Å². The Kier molecular flexibility index (Phi) is 4.83. The second-order valence-electron chi connectivity index (χ2n) is 7.99. The number of carbonyl (C=O) groups excluding carboxylic acids is 1. The van der Waals surface area contributed by atoms with Crippen LogP contribution < -0.4 is 5.32 Å². The summed E-state index contributed by atoms with van der Waals surface area (Å²) in [4.78, 5) is 16.1. The van der Waals surface area contributed by atoms with Gasteiger partial charge in [0.1, 0.15) is 0 Å². The number of hydrogen-bond acceptors (Lipinski definition) is 3. The van der Waals surface area contributed by atoms with E-state index in [4.69, 9.17) is 0 Å². The lowest BCUT2D eigenvalue weighted by molar-refractivity contribution is -0.121. The Morgan fingerprint density at radius 3 is 2.80 bits per heavy atom. The molecule has 1 aliphatic rings. The van der Waals surface area contributed by atoms with Crippen molar-refractivity contribution in [3.63, 3.8) is 0 Å². The summed E-state index contributed by atoms with van der Waals surface area (Å²) in [5.41, 5.74) is 5.65. The number of aromatic nitrogens is 4. The molecule has 0 spiro atoms. The molecule has 30 heavy (non-hydrogen) atoms. The fourth-order valence-electron chi connectivity index (χ4n) is 4.53. The van der Waals surface area contributed by atoms with Crippen molar-refractivity contribution in [2.75, 3.05) is 0 Å². The van der Waals surface area contributed by atoms with Crippen molar-refractivity contribution < 1.29 is 4.79 Å². The highest BCUT2D eigenvalue weighted by atomic mass is 16.1. The van der Waals surface area contributed by atoms with E-state index in [2.05, 4.69) is 55.4 Å². The van der Waals surface area contributed by atoms with Crippen LogP contribution in [0, 0.1) is 0 Å². The first-order chi connectivity index (χ1) is 14.7. The van der Waals surface area contributed by atoms with Crippen molar-refractivity contribution in [3.8, 4) is 22.4 Å². The molecule has 2 heterocycles. The van der Waals surface area contributed by atoms with Crippen LogP contribution in [0.15, 0.2) is 61.2 Å². The van der Waals surface area contributed by atoms with Crippen molar-refractivity contribution in [1.29, 1.82) is 0 Å². The van der Waals surface area contributed by atoms with Crippen LogP contribution in [0.25, 0.3) is 33.3 Å². The Hall–Kier alpha value is -3.41. The van der Waals surface area contributed by atoms with E-state index in [9.17, 15) is 4.79 Å². The van der Waals surface area contributed by atoms with E-state index in [1.54, 1.807) is 0 Å². The van der Waals surface area contributed by atoms with Crippen LogP contribution in [0.1, 0.15) is 38.6 Å². The first kappa shape index (κ1) is 18.6. The first-order valence-corrected chi connectivity index (χ1v) is 10.6. The molecule has 0 aliphatic heterocycles. The van der Waals surface area contributed by atoms with E-state index in [1.165, 1.54) is 11.1 Å². The molecule has 6 heteroatoms. The van der Waals surface area contributed by atoms with Gasteiger partial charge in [-0.25, -0.2) is 4.98 Å². The fourth-order valence-corrected chi connectivity index (χ4v) is 4.53. The number of fused-ring (bicyclic) bond motifs is 1. The lowest BCUT2D eigenvalue weighted by Crippen LogP contribution is -2.32. The Morgan fingerprint density at radius 2 is 1.97 bits per heavy atom. The zero-order valence-electron chi connectivity index (χ0n) is 17.0. The third-order valence-corrected chi connectivity index (χ3v) is 6.13. The molecule has 2 unspecified atom stereocenters. The average molecular weight is 399 g/mol. The van der Waals surface area contributed by atoms with E-state index in [0.717, 1.165) is 41.4 Å². The summed E-state index contributed by atoms with van der Waals surface area (Å²) in [6.45, 7) is 1.90. The van der Waals surface area contributed by atoms with Gasteiger partial charge in [0.15, 0.2) is 0 Å². The van der Waals surface area contributed by atoms with Gasteiger partial charge in [0.2, 0.25) is 5.91 Å². The molecule has 0 saturated heterocycles. The van der Waals surface area contributed by atoms with E-state index >= 15 is 0 Å². The Morgan fingerprint density at radius 1 is 1.13 bits per heavy atom. The molecule has 0 bridgehead atoms. The Balaban J connectivity index is 1.38. The predicted molar refractivity (Wildman–Crippen MR) is 118 cm³/mol. The Bertz CT molecular complexity index is 1170. The summed E-state index contributed by atoms with van der Waals surface area (Å²) >= 11 is 0. The normalized spacial score (nSPS) is 18.7. The molecule has 6 nitrogen and oxygen atoms in total. The molecular formula is C24H25N5O. The van der Waals surface area contributed by atoms with Crippen LogP contribution in [0.2, 0.25) is 0 Å². The van der Waals surface area contributed by atoms with Gasteiger partial charge in [-0.2, -0.15) is 5.10 Å². The summed E-state index contributed by atoms with van der Waals surface area (Å²) in [7, 11) is 0. The number of nitrogens with one attached hydrogen (secondary N) is 2. The minimum Gasteiger partial charge on any atom is -0.353 e. The zero-order chi connectivity index (χ0) is 20.5. The second kappa shape index (κ2) is 7.78. The summed E-state index contributed by atoms with van der Waals surface area (Å²) in [5, 5.41) is 11.5. The maximum Gasteiger partial charge on any atom is 0.219 e. The minimum absolute atomic E-state index is 0.134. The van der Waals surface area contributed by atoms with Crippen LogP contribution in [-0.2, 0) is 4.79 Å². The molecule has 2 N–H and O–H groups in total. The van der Waals surface area contributed by atoms with Crippen molar-refractivity contribution in [2.45, 2.75) is 44.7 Å².